The van der Waals surface area contributed by atoms with Gasteiger partial charge in [-0.15, -0.1) is 0 Å². The first-order chi connectivity index (χ1) is 38.6. The van der Waals surface area contributed by atoms with Crippen LogP contribution < -0.4 is 0 Å². The van der Waals surface area contributed by atoms with Gasteiger partial charge in [0.25, 0.3) is 6.29 Å². The molecule has 0 fully saturated rings. The lowest BCUT2D eigenvalue weighted by atomic mass is 10.0. The molecule has 0 saturated carbocycles. The Kier molecular flexibility index (Phi) is 60.5. The number of hydrogen-bond acceptors (Lipinski definition) is 7. The van der Waals surface area contributed by atoms with Gasteiger partial charge in [0.1, 0.15) is 13.2 Å². The van der Waals surface area contributed by atoms with Gasteiger partial charge in [0, 0.05) is 12.8 Å². The van der Waals surface area contributed by atoms with Crippen LogP contribution in [0.3, 0.4) is 0 Å². The van der Waals surface area contributed by atoms with Gasteiger partial charge >= 0.3 is 17.9 Å². The van der Waals surface area contributed by atoms with Gasteiger partial charge in [-0.25, -0.2) is 4.79 Å². The van der Waals surface area contributed by atoms with Crippen molar-refractivity contribution in [1.29, 1.82) is 0 Å². The summed E-state index contributed by atoms with van der Waals surface area (Å²) in [5, 5.41) is 9.73. The van der Waals surface area contributed by atoms with Gasteiger partial charge < -0.3 is 28.5 Å². The van der Waals surface area contributed by atoms with E-state index in [9.17, 15) is 19.5 Å². The first-order valence-electron chi connectivity index (χ1n) is 34.9. The van der Waals surface area contributed by atoms with E-state index in [1.165, 1.54) is 295 Å². The molecule has 0 heterocycles. The third kappa shape index (κ3) is 63.5. The summed E-state index contributed by atoms with van der Waals surface area (Å²) in [6.07, 6.45) is 71.9. The predicted octanol–water partition coefficient (Wildman–Crippen LogP) is 21.3. The maximum Gasteiger partial charge on any atom is 0.361 e. The summed E-state index contributed by atoms with van der Waals surface area (Å²) in [4.78, 5) is 37.5. The summed E-state index contributed by atoms with van der Waals surface area (Å²) in [7, 11) is 5.99. The van der Waals surface area contributed by atoms with Crippen molar-refractivity contribution < 1.29 is 42.9 Å². The number of carboxylic acid groups (broad SMARTS) is 1. The number of quaternary nitrogens is 1. The maximum absolute atomic E-state index is 12.9. The minimum absolute atomic E-state index is 0.173. The Morgan fingerprint density at radius 2 is 0.646 bits per heavy atom. The van der Waals surface area contributed by atoms with Crippen LogP contribution in [0.4, 0.5) is 0 Å². The quantitative estimate of drug-likeness (QED) is 0.0211. The van der Waals surface area contributed by atoms with Crippen LogP contribution in [0, 0.1) is 0 Å². The summed E-state index contributed by atoms with van der Waals surface area (Å²) >= 11 is 0. The molecule has 468 valence electrons. The molecule has 2 atom stereocenters. The molecule has 9 heteroatoms. The number of allylic oxidation sites excluding steroid dienone is 2. The Bertz CT molecular complexity index is 1300. The molecule has 2 unspecified atom stereocenters. The number of esters is 2. The number of rotatable bonds is 66. The fraction of sp³-hybridized carbons (Fsp3) is 0.929. The van der Waals surface area contributed by atoms with Crippen molar-refractivity contribution in [3.63, 3.8) is 0 Å². The zero-order chi connectivity index (χ0) is 57.6. The molecule has 0 radical (unpaired) electrons. The fourth-order valence-corrected chi connectivity index (χ4v) is 10.7. The number of carboxylic acids is 1. The van der Waals surface area contributed by atoms with Gasteiger partial charge in [-0.3, -0.25) is 9.59 Å². The zero-order valence-electron chi connectivity index (χ0n) is 53.6. The highest BCUT2D eigenvalue weighted by Gasteiger charge is 2.25. The van der Waals surface area contributed by atoms with E-state index in [4.69, 9.17) is 18.9 Å². The van der Waals surface area contributed by atoms with E-state index < -0.39 is 18.4 Å². The number of carbonyl (C=O) groups is 3. The highest BCUT2D eigenvalue weighted by Crippen LogP contribution is 2.19. The van der Waals surface area contributed by atoms with Gasteiger partial charge in [0.15, 0.2) is 6.10 Å². The minimum atomic E-state index is -1.50. The summed E-state index contributed by atoms with van der Waals surface area (Å²) in [5.41, 5.74) is 0. The smallest absolute Gasteiger partial charge is 0.361 e. The number of likely N-dealkylation sites (N-methyl/N-ethyl adjacent to an activating group) is 1. The van der Waals surface area contributed by atoms with Crippen molar-refractivity contribution in [3.8, 4) is 0 Å². The Labute approximate surface area is 491 Å². The molecule has 0 aromatic rings. The second kappa shape index (κ2) is 62.1. The monoisotopic (exact) mass is 1120 g/mol. The molecule has 0 aliphatic heterocycles. The van der Waals surface area contributed by atoms with Crippen molar-refractivity contribution >= 4 is 17.9 Å². The van der Waals surface area contributed by atoms with Gasteiger partial charge in [0.05, 0.1) is 34.4 Å². The molecule has 0 bridgehead atoms. The van der Waals surface area contributed by atoms with Crippen LogP contribution in [-0.2, 0) is 33.3 Å². The summed E-state index contributed by atoms with van der Waals surface area (Å²) < 4.78 is 23.0. The van der Waals surface area contributed by atoms with E-state index >= 15 is 0 Å². The molecular formula is C70H136NO8+. The first kappa shape index (κ1) is 77.0. The van der Waals surface area contributed by atoms with Crippen LogP contribution in [0.2, 0.25) is 0 Å². The minimum Gasteiger partial charge on any atom is -0.477 e. The highest BCUT2D eigenvalue weighted by molar-refractivity contribution is 5.71. The van der Waals surface area contributed by atoms with Gasteiger partial charge in [-0.1, -0.05) is 321 Å². The lowest BCUT2D eigenvalue weighted by Gasteiger charge is -2.25. The van der Waals surface area contributed by atoms with Crippen LogP contribution in [0.1, 0.15) is 361 Å². The average molecular weight is 1120 g/mol. The Hall–Kier alpha value is -1.97. The van der Waals surface area contributed by atoms with E-state index in [1.807, 2.05) is 21.1 Å². The van der Waals surface area contributed by atoms with Gasteiger partial charge in [0.2, 0.25) is 0 Å². The van der Waals surface area contributed by atoms with Crippen LogP contribution >= 0.6 is 0 Å². The maximum atomic E-state index is 12.9. The molecule has 1 N–H and O–H groups in total. The molecule has 0 aliphatic carbocycles. The number of nitrogens with zero attached hydrogens (tertiary/aromatic N) is 1. The zero-order valence-corrected chi connectivity index (χ0v) is 53.6. The van der Waals surface area contributed by atoms with Crippen LogP contribution in [0.15, 0.2) is 12.2 Å². The number of unbranched alkanes of at least 4 members (excludes halogenated alkanes) is 49. The molecular weight excluding hydrogens is 983 g/mol. The molecule has 79 heavy (non-hydrogen) atoms. The van der Waals surface area contributed by atoms with Crippen molar-refractivity contribution in [1.82, 2.24) is 0 Å². The Morgan fingerprint density at radius 1 is 0.367 bits per heavy atom. The Morgan fingerprint density at radius 3 is 0.937 bits per heavy atom. The van der Waals surface area contributed by atoms with E-state index in [0.717, 1.165) is 38.5 Å². The van der Waals surface area contributed by atoms with Crippen molar-refractivity contribution in [2.75, 3.05) is 47.5 Å². The SMILES string of the molecule is CCCCCCCCCC/C=C\CCCCCCCCCCCCCCCCCCCCCCCCCC(=O)OC(COC(=O)CCCCCCCCCCCCCCCCCCCCC)COC(OCC[N+](C)(C)C)C(=O)O. The standard InChI is InChI=1S/C70H135NO8/c1-6-8-10-12-14-16-18-20-22-24-26-27-28-29-30-31-32-33-34-35-36-37-38-39-40-41-43-45-47-49-51-53-55-57-59-61-68(73)79-66(65-78-70(69(74)75)76-63-62-71(3,4)5)64-77-67(72)60-58-56-54-52-50-48-46-44-42-25-23-21-19-17-15-13-11-9-7-2/h24,26,66,70H,6-23,25,27-65H2,1-5H3/p+1/b26-24-. The Balaban J connectivity index is 3.99. The van der Waals surface area contributed by atoms with Crippen molar-refractivity contribution in [2.45, 2.75) is 373 Å². The van der Waals surface area contributed by atoms with E-state index in [0.29, 0.717) is 17.4 Å². The van der Waals surface area contributed by atoms with E-state index in [1.54, 1.807) is 0 Å². The van der Waals surface area contributed by atoms with Crippen molar-refractivity contribution in [3.05, 3.63) is 12.2 Å². The topological polar surface area (TPSA) is 108 Å². The molecule has 0 aromatic heterocycles. The van der Waals surface area contributed by atoms with Crippen LogP contribution in [-0.4, -0.2) is 87.4 Å². The summed E-state index contributed by atoms with van der Waals surface area (Å²) in [6, 6.07) is 0. The fourth-order valence-electron chi connectivity index (χ4n) is 10.7. The van der Waals surface area contributed by atoms with E-state index in [-0.39, 0.29) is 38.2 Å². The number of hydrogen-bond donors (Lipinski definition) is 1. The number of aliphatic carboxylic acids is 1. The van der Waals surface area contributed by atoms with Gasteiger partial charge in [-0.2, -0.15) is 0 Å². The molecule has 0 spiro atoms. The first-order valence-corrected chi connectivity index (χ1v) is 34.9. The lowest BCUT2D eigenvalue weighted by molar-refractivity contribution is -0.870. The predicted molar refractivity (Wildman–Crippen MR) is 337 cm³/mol. The summed E-state index contributed by atoms with van der Waals surface area (Å²) in [6.45, 7) is 4.96. The molecule has 0 aromatic carbocycles. The largest absolute Gasteiger partial charge is 0.477 e. The van der Waals surface area contributed by atoms with Gasteiger partial charge in [-0.05, 0) is 38.5 Å². The second-order valence-electron chi connectivity index (χ2n) is 25.2. The molecule has 0 amide bonds. The molecule has 0 aliphatic rings. The number of carbonyl (C=O) groups excluding carboxylic acids is 2. The molecule has 9 nitrogen and oxygen atoms in total. The second-order valence-corrected chi connectivity index (χ2v) is 25.2. The highest BCUT2D eigenvalue weighted by atomic mass is 16.7. The van der Waals surface area contributed by atoms with Crippen LogP contribution in [0.25, 0.3) is 0 Å². The average Bonchev–Trinajstić information content (AvgIpc) is 3.42. The molecule has 0 saturated heterocycles. The molecule has 0 rings (SSSR count). The van der Waals surface area contributed by atoms with Crippen LogP contribution in [0.5, 0.6) is 0 Å². The normalized spacial score (nSPS) is 12.7. The van der Waals surface area contributed by atoms with E-state index in [2.05, 4.69) is 26.0 Å². The third-order valence-corrected chi connectivity index (χ3v) is 16.0. The lowest BCUT2D eigenvalue weighted by Crippen LogP contribution is -2.40. The van der Waals surface area contributed by atoms with Crippen molar-refractivity contribution in [2.24, 2.45) is 0 Å². The summed E-state index contributed by atoms with van der Waals surface area (Å²) in [5.74, 6) is -1.97. The third-order valence-electron chi connectivity index (χ3n) is 16.0. The number of ether oxygens (including phenoxy) is 4.